The molecule has 1 amide bonds. The first-order valence-electron chi connectivity index (χ1n) is 10.8. The van der Waals surface area contributed by atoms with Gasteiger partial charge in [-0.05, 0) is 51.0 Å². The van der Waals surface area contributed by atoms with Gasteiger partial charge in [-0.15, -0.1) is 10.2 Å². The van der Waals surface area contributed by atoms with Crippen LogP contribution in [-0.2, 0) is 4.74 Å². The van der Waals surface area contributed by atoms with Gasteiger partial charge in [-0.3, -0.25) is 4.79 Å². The molecule has 2 aliphatic heterocycles. The third kappa shape index (κ3) is 4.08. The molecule has 7 heteroatoms. The first kappa shape index (κ1) is 20.8. The molecule has 1 aromatic heterocycles. The summed E-state index contributed by atoms with van der Waals surface area (Å²) in [7, 11) is 0. The summed E-state index contributed by atoms with van der Waals surface area (Å²) in [6.45, 7) is 10.7. The van der Waals surface area contributed by atoms with Gasteiger partial charge in [-0.1, -0.05) is 13.8 Å². The van der Waals surface area contributed by atoms with Gasteiger partial charge in [0.1, 0.15) is 5.75 Å². The van der Waals surface area contributed by atoms with E-state index in [-0.39, 0.29) is 29.3 Å². The Labute approximate surface area is 177 Å². The maximum Gasteiger partial charge on any atom is 0.253 e. The minimum Gasteiger partial charge on any atom is -0.491 e. The van der Waals surface area contributed by atoms with Crippen LogP contribution in [0, 0.1) is 5.41 Å². The molecule has 30 heavy (non-hydrogen) atoms. The van der Waals surface area contributed by atoms with Crippen LogP contribution in [0.2, 0.25) is 0 Å². The molecular formula is C23H31N3O4. The van der Waals surface area contributed by atoms with E-state index in [1.807, 2.05) is 56.9 Å². The van der Waals surface area contributed by atoms with E-state index >= 15 is 0 Å². The van der Waals surface area contributed by atoms with Crippen molar-refractivity contribution < 1.29 is 18.7 Å². The highest BCUT2D eigenvalue weighted by Gasteiger charge is 2.51. The number of nitrogens with zero attached hydrogens (tertiary/aromatic N) is 3. The topological polar surface area (TPSA) is 77.7 Å². The summed E-state index contributed by atoms with van der Waals surface area (Å²) in [5.41, 5.74) is 0.595. The highest BCUT2D eigenvalue weighted by atomic mass is 16.5. The number of ether oxygens (including phenoxy) is 2. The van der Waals surface area contributed by atoms with E-state index in [0.29, 0.717) is 43.6 Å². The zero-order valence-electron chi connectivity index (χ0n) is 18.3. The summed E-state index contributed by atoms with van der Waals surface area (Å²) in [6.07, 6.45) is 1.88. The van der Waals surface area contributed by atoms with E-state index in [1.54, 1.807) is 0 Å². The van der Waals surface area contributed by atoms with Gasteiger partial charge in [0.25, 0.3) is 5.91 Å². The van der Waals surface area contributed by atoms with E-state index < -0.39 is 0 Å². The molecule has 3 heterocycles. The monoisotopic (exact) mass is 413 g/mol. The number of rotatable bonds is 5. The van der Waals surface area contributed by atoms with E-state index in [9.17, 15) is 4.79 Å². The normalized spacial score (nSPS) is 21.0. The van der Waals surface area contributed by atoms with Crippen LogP contribution >= 0.6 is 0 Å². The molecular weight excluding hydrogens is 382 g/mol. The molecule has 0 saturated carbocycles. The SMILES string of the molecule is CC(C)Oc1ccc(C(=O)N2CC(c3nnc(C(C)C)o3)C3(CCOCC3)C2)cc1. The maximum atomic E-state index is 13.3. The number of aromatic nitrogens is 2. The van der Waals surface area contributed by atoms with Crippen molar-refractivity contribution in [2.24, 2.45) is 5.41 Å². The Morgan fingerprint density at radius 2 is 1.83 bits per heavy atom. The van der Waals surface area contributed by atoms with Crippen molar-refractivity contribution in [3.63, 3.8) is 0 Å². The lowest BCUT2D eigenvalue weighted by atomic mass is 9.72. The zero-order chi connectivity index (χ0) is 21.3. The van der Waals surface area contributed by atoms with Crippen LogP contribution in [0.15, 0.2) is 28.7 Å². The number of amides is 1. The fourth-order valence-corrected chi connectivity index (χ4v) is 4.50. The number of hydrogen-bond acceptors (Lipinski definition) is 6. The van der Waals surface area contributed by atoms with Crippen LogP contribution < -0.4 is 4.74 Å². The first-order valence-corrected chi connectivity index (χ1v) is 10.8. The van der Waals surface area contributed by atoms with E-state index in [2.05, 4.69) is 10.2 Å². The predicted molar refractivity (Wildman–Crippen MR) is 112 cm³/mol. The number of benzene rings is 1. The van der Waals surface area contributed by atoms with E-state index in [1.165, 1.54) is 0 Å². The molecule has 0 aliphatic carbocycles. The number of hydrogen-bond donors (Lipinski definition) is 0. The second-order valence-corrected chi connectivity index (χ2v) is 9.04. The highest BCUT2D eigenvalue weighted by molar-refractivity contribution is 5.94. The Morgan fingerprint density at radius 1 is 1.13 bits per heavy atom. The molecule has 0 radical (unpaired) electrons. The summed E-state index contributed by atoms with van der Waals surface area (Å²) in [5, 5.41) is 8.60. The second kappa shape index (κ2) is 8.38. The van der Waals surface area contributed by atoms with E-state index in [4.69, 9.17) is 13.9 Å². The molecule has 1 atom stereocenters. The molecule has 2 saturated heterocycles. The average molecular weight is 414 g/mol. The summed E-state index contributed by atoms with van der Waals surface area (Å²) in [4.78, 5) is 15.2. The van der Waals surface area contributed by atoms with Crippen LogP contribution in [0.1, 0.15) is 74.5 Å². The molecule has 4 rings (SSSR count). The molecule has 1 unspecified atom stereocenters. The van der Waals surface area contributed by atoms with Gasteiger partial charge in [0, 0.05) is 43.2 Å². The minimum atomic E-state index is -0.0740. The number of carbonyl (C=O) groups is 1. The van der Waals surface area contributed by atoms with Crippen molar-refractivity contribution in [2.45, 2.75) is 58.5 Å². The van der Waals surface area contributed by atoms with Crippen molar-refractivity contribution in [1.82, 2.24) is 15.1 Å². The Morgan fingerprint density at radius 3 is 2.43 bits per heavy atom. The average Bonchev–Trinajstić information content (AvgIpc) is 3.34. The van der Waals surface area contributed by atoms with Crippen LogP contribution in [0.5, 0.6) is 5.75 Å². The highest BCUT2D eigenvalue weighted by Crippen LogP contribution is 2.49. The molecule has 0 N–H and O–H groups in total. The van der Waals surface area contributed by atoms with Crippen LogP contribution in [0.25, 0.3) is 0 Å². The Bertz CT molecular complexity index is 869. The second-order valence-electron chi connectivity index (χ2n) is 9.04. The van der Waals surface area contributed by atoms with Crippen molar-refractivity contribution in [1.29, 1.82) is 0 Å². The third-order valence-electron chi connectivity index (χ3n) is 6.15. The number of carbonyl (C=O) groups excluding carboxylic acids is 1. The quantitative estimate of drug-likeness (QED) is 0.737. The summed E-state index contributed by atoms with van der Waals surface area (Å²) in [6, 6.07) is 7.40. The van der Waals surface area contributed by atoms with Crippen LogP contribution in [0.3, 0.4) is 0 Å². The lowest BCUT2D eigenvalue weighted by molar-refractivity contribution is 0.00888. The zero-order valence-corrected chi connectivity index (χ0v) is 18.3. The Balaban J connectivity index is 1.56. The van der Waals surface area contributed by atoms with Gasteiger partial charge in [-0.2, -0.15) is 0 Å². The molecule has 162 valence electrons. The molecule has 2 aliphatic rings. The van der Waals surface area contributed by atoms with Gasteiger partial charge in [-0.25, -0.2) is 0 Å². The fourth-order valence-electron chi connectivity index (χ4n) is 4.50. The predicted octanol–water partition coefficient (Wildman–Crippen LogP) is 4.02. The molecule has 1 aromatic carbocycles. The molecule has 0 bridgehead atoms. The van der Waals surface area contributed by atoms with Crippen LogP contribution in [0.4, 0.5) is 0 Å². The molecule has 2 aromatic rings. The van der Waals surface area contributed by atoms with Gasteiger partial charge >= 0.3 is 0 Å². The maximum absolute atomic E-state index is 13.3. The smallest absolute Gasteiger partial charge is 0.253 e. The van der Waals surface area contributed by atoms with Crippen molar-refractivity contribution in [3.8, 4) is 5.75 Å². The van der Waals surface area contributed by atoms with Gasteiger partial charge in [0.15, 0.2) is 0 Å². The minimum absolute atomic E-state index is 0.0306. The third-order valence-corrected chi connectivity index (χ3v) is 6.15. The first-order chi connectivity index (χ1) is 14.4. The number of likely N-dealkylation sites (tertiary alicyclic amines) is 1. The van der Waals surface area contributed by atoms with Crippen molar-refractivity contribution >= 4 is 5.91 Å². The van der Waals surface area contributed by atoms with E-state index in [0.717, 1.165) is 18.6 Å². The van der Waals surface area contributed by atoms with Gasteiger partial charge < -0.3 is 18.8 Å². The lowest BCUT2D eigenvalue weighted by Gasteiger charge is -2.36. The van der Waals surface area contributed by atoms with Gasteiger partial charge in [0.05, 0.1) is 12.0 Å². The summed E-state index contributed by atoms with van der Waals surface area (Å²) in [5.74, 6) is 2.32. The lowest BCUT2D eigenvalue weighted by Crippen LogP contribution is -2.37. The Hall–Kier alpha value is -2.41. The van der Waals surface area contributed by atoms with Crippen LogP contribution in [-0.4, -0.2) is 53.4 Å². The fraction of sp³-hybridized carbons (Fsp3) is 0.609. The molecule has 2 fully saturated rings. The standard InChI is InChI=1S/C23H31N3O4/c1-15(2)20-24-25-21(30-20)19-13-26(14-23(19)9-11-28-12-10-23)22(27)17-5-7-18(8-6-17)29-16(3)4/h5-8,15-16,19H,9-14H2,1-4H3. The summed E-state index contributed by atoms with van der Waals surface area (Å²) >= 11 is 0. The van der Waals surface area contributed by atoms with Crippen molar-refractivity contribution in [2.75, 3.05) is 26.3 Å². The Kier molecular flexibility index (Phi) is 5.82. The molecule has 1 spiro atoms. The molecule has 7 nitrogen and oxygen atoms in total. The van der Waals surface area contributed by atoms with Gasteiger partial charge in [0.2, 0.25) is 11.8 Å². The van der Waals surface area contributed by atoms with Crippen molar-refractivity contribution in [3.05, 3.63) is 41.6 Å². The summed E-state index contributed by atoms with van der Waals surface area (Å²) < 4.78 is 17.3. The largest absolute Gasteiger partial charge is 0.491 e.